The summed E-state index contributed by atoms with van der Waals surface area (Å²) in [5.41, 5.74) is 0.546. The number of H-pyrrole nitrogens is 1. The van der Waals surface area contributed by atoms with Gasteiger partial charge in [-0.15, -0.1) is 0 Å². The number of nitrogens with one attached hydrogen (secondary N) is 2. The molecule has 24 heavy (non-hydrogen) atoms. The predicted molar refractivity (Wildman–Crippen MR) is 84.2 cm³/mol. The maximum absolute atomic E-state index is 13.8. The number of amides is 1. The van der Waals surface area contributed by atoms with Crippen LogP contribution < -0.4 is 5.32 Å². The van der Waals surface area contributed by atoms with E-state index in [1.54, 1.807) is 12.3 Å². The van der Waals surface area contributed by atoms with Crippen molar-refractivity contribution >= 4 is 22.5 Å². The fourth-order valence-electron chi connectivity index (χ4n) is 3.07. The van der Waals surface area contributed by atoms with Crippen molar-refractivity contribution in [2.24, 2.45) is 0 Å². The largest absolute Gasteiger partial charge is 0.361 e. The minimum Gasteiger partial charge on any atom is -0.361 e. The van der Waals surface area contributed by atoms with Crippen LogP contribution in [0.1, 0.15) is 18.4 Å². The Morgan fingerprint density at radius 2 is 1.75 bits per heavy atom. The zero-order valence-corrected chi connectivity index (χ0v) is 12.5. The van der Waals surface area contributed by atoms with E-state index in [-0.39, 0.29) is 17.4 Å². The lowest BCUT2D eigenvalue weighted by molar-refractivity contribution is -0.118. The van der Waals surface area contributed by atoms with Crippen molar-refractivity contribution in [3.05, 3.63) is 65.6 Å². The van der Waals surface area contributed by atoms with Crippen LogP contribution in [0.15, 0.2) is 42.6 Å². The van der Waals surface area contributed by atoms with Crippen LogP contribution in [0.4, 0.5) is 18.9 Å². The third-order valence-electron chi connectivity index (χ3n) is 4.52. The Morgan fingerprint density at radius 3 is 2.46 bits per heavy atom. The lowest BCUT2D eigenvalue weighted by Gasteiger charge is -2.15. The van der Waals surface area contributed by atoms with Crippen molar-refractivity contribution in [2.45, 2.75) is 18.3 Å². The molecule has 1 aliphatic rings. The first kappa shape index (κ1) is 14.8. The van der Waals surface area contributed by atoms with Gasteiger partial charge in [0, 0.05) is 23.2 Å². The third-order valence-corrected chi connectivity index (χ3v) is 4.52. The second kappa shape index (κ2) is 5.12. The average Bonchev–Trinajstić information content (AvgIpc) is 3.24. The first-order valence-electron chi connectivity index (χ1n) is 7.53. The number of carbonyl (C=O) groups excluding carboxylic acids is 1. The number of aromatic nitrogens is 1. The van der Waals surface area contributed by atoms with E-state index in [2.05, 4.69) is 10.3 Å². The molecule has 0 unspecified atom stereocenters. The summed E-state index contributed by atoms with van der Waals surface area (Å²) >= 11 is 0. The Bertz CT molecular complexity index is 960. The summed E-state index contributed by atoms with van der Waals surface area (Å²) in [6.45, 7) is 0. The molecule has 2 N–H and O–H groups in total. The van der Waals surface area contributed by atoms with E-state index in [0.717, 1.165) is 23.1 Å². The van der Waals surface area contributed by atoms with Gasteiger partial charge in [-0.3, -0.25) is 4.79 Å². The molecule has 0 aliphatic heterocycles. The number of hydrogen-bond donors (Lipinski definition) is 2. The Hall–Kier alpha value is -2.76. The Kier molecular flexibility index (Phi) is 3.16. The second-order valence-electron chi connectivity index (χ2n) is 6.05. The molecule has 6 heteroatoms. The van der Waals surface area contributed by atoms with E-state index in [0.29, 0.717) is 18.4 Å². The van der Waals surface area contributed by atoms with E-state index >= 15 is 0 Å². The quantitative estimate of drug-likeness (QED) is 0.741. The smallest absolute Gasteiger partial charge is 0.235 e. The molecule has 3 nitrogen and oxygen atoms in total. The molecule has 0 saturated heterocycles. The topological polar surface area (TPSA) is 44.9 Å². The summed E-state index contributed by atoms with van der Waals surface area (Å²) < 4.78 is 40.0. The molecule has 122 valence electrons. The lowest BCUT2D eigenvalue weighted by atomic mass is 9.94. The minimum absolute atomic E-state index is 0.0569. The zero-order valence-electron chi connectivity index (χ0n) is 12.5. The minimum atomic E-state index is -0.819. The van der Waals surface area contributed by atoms with Gasteiger partial charge in [0.1, 0.15) is 17.5 Å². The van der Waals surface area contributed by atoms with Crippen LogP contribution in [0, 0.1) is 17.5 Å². The molecule has 1 fully saturated rings. The number of hydrogen-bond acceptors (Lipinski definition) is 1. The second-order valence-corrected chi connectivity index (χ2v) is 6.05. The number of aromatic amines is 1. The fourth-order valence-corrected chi connectivity index (χ4v) is 3.07. The number of anilines is 1. The molecule has 0 radical (unpaired) electrons. The van der Waals surface area contributed by atoms with Crippen LogP contribution in [0.5, 0.6) is 0 Å². The highest BCUT2D eigenvalue weighted by atomic mass is 19.1. The zero-order chi connectivity index (χ0) is 16.9. The van der Waals surface area contributed by atoms with Crippen LogP contribution in [0.3, 0.4) is 0 Å². The van der Waals surface area contributed by atoms with Gasteiger partial charge < -0.3 is 10.3 Å². The van der Waals surface area contributed by atoms with Gasteiger partial charge in [-0.25, -0.2) is 13.2 Å². The van der Waals surface area contributed by atoms with Gasteiger partial charge in [0.25, 0.3) is 0 Å². The monoisotopic (exact) mass is 330 g/mol. The van der Waals surface area contributed by atoms with E-state index in [4.69, 9.17) is 0 Å². The number of benzene rings is 2. The van der Waals surface area contributed by atoms with E-state index < -0.39 is 17.0 Å². The summed E-state index contributed by atoms with van der Waals surface area (Å²) in [4.78, 5) is 15.7. The molecule has 1 saturated carbocycles. The summed E-state index contributed by atoms with van der Waals surface area (Å²) in [5.74, 6) is -2.23. The summed E-state index contributed by atoms with van der Waals surface area (Å²) in [6, 6.07) is 7.35. The standard InChI is InChI=1S/C18H13F3N2O/c19-10-2-4-15(14(21)7-10)23-17(24)18(5-6-18)13-9-22-16-8-11(20)1-3-12(13)16/h1-4,7-9,22H,5-6H2,(H,23,24). The van der Waals surface area contributed by atoms with Gasteiger partial charge in [0.05, 0.1) is 11.1 Å². The molecule has 1 aliphatic carbocycles. The lowest BCUT2D eigenvalue weighted by Crippen LogP contribution is -2.28. The molecule has 1 aromatic heterocycles. The molecule has 0 atom stereocenters. The van der Waals surface area contributed by atoms with Gasteiger partial charge >= 0.3 is 0 Å². The Balaban J connectivity index is 1.68. The van der Waals surface area contributed by atoms with Crippen LogP contribution in [0.2, 0.25) is 0 Å². The Labute approximate surface area is 135 Å². The highest BCUT2D eigenvalue weighted by molar-refractivity contribution is 6.04. The predicted octanol–water partition coefficient (Wildman–Crippen LogP) is 4.26. The number of halogens is 3. The maximum atomic E-state index is 13.8. The molecule has 2 aromatic carbocycles. The highest BCUT2D eigenvalue weighted by Crippen LogP contribution is 2.51. The molecule has 1 amide bonds. The average molecular weight is 330 g/mol. The molecule has 1 heterocycles. The molecule has 3 aromatic rings. The number of rotatable bonds is 3. The third kappa shape index (κ3) is 2.26. The molecular weight excluding hydrogens is 317 g/mol. The first-order valence-corrected chi connectivity index (χ1v) is 7.53. The van der Waals surface area contributed by atoms with E-state index in [9.17, 15) is 18.0 Å². The van der Waals surface area contributed by atoms with Gasteiger partial charge in [-0.1, -0.05) is 0 Å². The normalized spacial score (nSPS) is 15.5. The fraction of sp³-hybridized carbons (Fsp3) is 0.167. The molecule has 0 spiro atoms. The van der Waals surface area contributed by atoms with Gasteiger partial charge in [-0.2, -0.15) is 0 Å². The molecule has 0 bridgehead atoms. The number of carbonyl (C=O) groups is 1. The van der Waals surface area contributed by atoms with Crippen molar-refractivity contribution in [3.8, 4) is 0 Å². The van der Waals surface area contributed by atoms with Gasteiger partial charge in [-0.05, 0) is 48.7 Å². The van der Waals surface area contributed by atoms with Crippen LogP contribution >= 0.6 is 0 Å². The van der Waals surface area contributed by atoms with Crippen molar-refractivity contribution in [3.63, 3.8) is 0 Å². The SMILES string of the molecule is O=C(Nc1ccc(F)cc1F)C1(c2c[nH]c3cc(F)ccc23)CC1. The van der Waals surface area contributed by atoms with Gasteiger partial charge in [0.2, 0.25) is 5.91 Å². The van der Waals surface area contributed by atoms with Crippen LogP contribution in [-0.4, -0.2) is 10.9 Å². The summed E-state index contributed by atoms with van der Waals surface area (Å²) in [6.07, 6.45) is 2.93. The van der Waals surface area contributed by atoms with Crippen molar-refractivity contribution in [1.82, 2.24) is 4.98 Å². The van der Waals surface area contributed by atoms with Crippen molar-refractivity contribution in [1.29, 1.82) is 0 Å². The molecular formula is C18H13F3N2O. The van der Waals surface area contributed by atoms with E-state index in [1.165, 1.54) is 18.2 Å². The Morgan fingerprint density at radius 1 is 1.04 bits per heavy atom. The van der Waals surface area contributed by atoms with Crippen molar-refractivity contribution < 1.29 is 18.0 Å². The number of fused-ring (bicyclic) bond motifs is 1. The molecule has 4 rings (SSSR count). The maximum Gasteiger partial charge on any atom is 0.235 e. The first-order chi connectivity index (χ1) is 11.5. The van der Waals surface area contributed by atoms with Gasteiger partial charge in [0.15, 0.2) is 0 Å². The van der Waals surface area contributed by atoms with E-state index in [1.807, 2.05) is 0 Å². The van der Waals surface area contributed by atoms with Crippen molar-refractivity contribution in [2.75, 3.05) is 5.32 Å². The van der Waals surface area contributed by atoms with Crippen LogP contribution in [0.25, 0.3) is 10.9 Å². The highest BCUT2D eigenvalue weighted by Gasteiger charge is 2.52. The van der Waals surface area contributed by atoms with Crippen LogP contribution in [-0.2, 0) is 10.2 Å². The summed E-state index contributed by atoms with van der Waals surface area (Å²) in [7, 11) is 0. The summed E-state index contributed by atoms with van der Waals surface area (Å²) in [5, 5.41) is 3.30.